The smallest absolute Gasteiger partial charge is 0.261 e. The minimum atomic E-state index is -3.79. The van der Waals surface area contributed by atoms with Gasteiger partial charge in [-0.2, -0.15) is 0 Å². The van der Waals surface area contributed by atoms with Crippen molar-refractivity contribution in [3.8, 4) is 0 Å². The fourth-order valence-electron chi connectivity index (χ4n) is 4.63. The first-order chi connectivity index (χ1) is 15.7. The lowest BCUT2D eigenvalue weighted by molar-refractivity contribution is -0.125. The highest BCUT2D eigenvalue weighted by Gasteiger charge is 2.35. The van der Waals surface area contributed by atoms with Crippen LogP contribution in [-0.2, 0) is 14.8 Å². The van der Waals surface area contributed by atoms with Gasteiger partial charge in [-0.15, -0.1) is 0 Å². The standard InChI is InChI=1S/C25H31N3O4S/c1-17-12-13-22(15-18(17)2)33(31,32)27-21-10-5-7-19(16-21)25(30)28-14-6-11-23(28)24(29)26-20-8-3-4-9-20/h5,7,10,12-13,15-16,20,23,27H,3-4,6,8-9,11,14H2,1-2H3,(H,26,29)/t23-/m0/s1. The number of amides is 2. The van der Waals surface area contributed by atoms with Crippen LogP contribution in [0.15, 0.2) is 47.4 Å². The molecule has 2 amide bonds. The first-order valence-corrected chi connectivity index (χ1v) is 13.0. The van der Waals surface area contributed by atoms with E-state index in [-0.39, 0.29) is 22.8 Å². The summed E-state index contributed by atoms with van der Waals surface area (Å²) >= 11 is 0. The van der Waals surface area contributed by atoms with Gasteiger partial charge in [0.05, 0.1) is 4.90 Å². The van der Waals surface area contributed by atoms with E-state index in [0.717, 1.165) is 43.2 Å². The Morgan fingerprint density at radius 3 is 2.42 bits per heavy atom. The number of sulfonamides is 1. The Kier molecular flexibility index (Phi) is 6.74. The predicted octanol–water partition coefficient (Wildman–Crippen LogP) is 3.77. The van der Waals surface area contributed by atoms with Gasteiger partial charge in [0.1, 0.15) is 6.04 Å². The molecule has 8 heteroatoms. The lowest BCUT2D eigenvalue weighted by Crippen LogP contribution is -2.48. The Labute approximate surface area is 195 Å². The zero-order chi connectivity index (χ0) is 23.6. The molecular formula is C25H31N3O4S. The fourth-order valence-corrected chi connectivity index (χ4v) is 5.76. The van der Waals surface area contributed by atoms with Crippen LogP contribution in [0.4, 0.5) is 5.69 Å². The van der Waals surface area contributed by atoms with Crippen molar-refractivity contribution in [2.24, 2.45) is 0 Å². The van der Waals surface area contributed by atoms with Crippen molar-refractivity contribution in [3.05, 3.63) is 59.2 Å². The summed E-state index contributed by atoms with van der Waals surface area (Å²) in [6.07, 6.45) is 5.66. The number of hydrogen-bond donors (Lipinski definition) is 2. The van der Waals surface area contributed by atoms with Crippen LogP contribution in [0, 0.1) is 13.8 Å². The van der Waals surface area contributed by atoms with Crippen molar-refractivity contribution >= 4 is 27.5 Å². The third kappa shape index (κ3) is 5.21. The lowest BCUT2D eigenvalue weighted by atomic mass is 10.1. The number of nitrogens with zero attached hydrogens (tertiary/aromatic N) is 1. The van der Waals surface area contributed by atoms with Crippen molar-refractivity contribution in [2.45, 2.75) is 69.4 Å². The molecule has 2 fully saturated rings. The summed E-state index contributed by atoms with van der Waals surface area (Å²) in [6, 6.07) is 11.1. The van der Waals surface area contributed by atoms with Gasteiger partial charge in [-0.25, -0.2) is 8.42 Å². The molecule has 0 radical (unpaired) electrons. The quantitative estimate of drug-likeness (QED) is 0.673. The maximum atomic E-state index is 13.2. The van der Waals surface area contributed by atoms with Gasteiger partial charge in [0, 0.05) is 23.8 Å². The first kappa shape index (κ1) is 23.3. The largest absolute Gasteiger partial charge is 0.352 e. The fraction of sp³-hybridized carbons (Fsp3) is 0.440. The summed E-state index contributed by atoms with van der Waals surface area (Å²) in [5, 5.41) is 3.10. The van der Waals surface area contributed by atoms with E-state index in [2.05, 4.69) is 10.0 Å². The molecule has 7 nitrogen and oxygen atoms in total. The number of likely N-dealkylation sites (tertiary alicyclic amines) is 1. The van der Waals surface area contributed by atoms with E-state index in [1.165, 1.54) is 6.07 Å². The Bertz CT molecular complexity index is 1160. The highest BCUT2D eigenvalue weighted by atomic mass is 32.2. The summed E-state index contributed by atoms with van der Waals surface area (Å²) in [5.74, 6) is -0.342. The van der Waals surface area contributed by atoms with Crippen LogP contribution in [0.25, 0.3) is 0 Å². The van der Waals surface area contributed by atoms with Gasteiger partial charge in [0.25, 0.3) is 15.9 Å². The maximum absolute atomic E-state index is 13.2. The van der Waals surface area contributed by atoms with Crippen LogP contribution in [0.3, 0.4) is 0 Å². The average Bonchev–Trinajstić information content (AvgIpc) is 3.47. The van der Waals surface area contributed by atoms with Crippen LogP contribution in [-0.4, -0.2) is 43.8 Å². The molecule has 1 saturated heterocycles. The summed E-state index contributed by atoms with van der Waals surface area (Å²) in [4.78, 5) is 27.8. The second-order valence-electron chi connectivity index (χ2n) is 9.08. The molecule has 2 aliphatic rings. The molecule has 2 N–H and O–H groups in total. The SMILES string of the molecule is Cc1ccc(S(=O)(=O)Nc2cccc(C(=O)N3CCC[C@H]3C(=O)NC3CCCC3)c2)cc1C. The number of carbonyl (C=O) groups excluding carboxylic acids is 2. The van der Waals surface area contributed by atoms with E-state index < -0.39 is 16.1 Å². The number of benzene rings is 2. The average molecular weight is 470 g/mol. The zero-order valence-electron chi connectivity index (χ0n) is 19.1. The van der Waals surface area contributed by atoms with Crippen LogP contribution >= 0.6 is 0 Å². The minimum Gasteiger partial charge on any atom is -0.352 e. The normalized spacial score (nSPS) is 19.0. The van der Waals surface area contributed by atoms with Gasteiger partial charge in [-0.3, -0.25) is 14.3 Å². The zero-order valence-corrected chi connectivity index (χ0v) is 20.0. The number of aryl methyl sites for hydroxylation is 2. The van der Waals surface area contributed by atoms with E-state index in [0.29, 0.717) is 24.2 Å². The molecule has 2 aromatic carbocycles. The van der Waals surface area contributed by atoms with E-state index >= 15 is 0 Å². The molecule has 4 rings (SSSR count). The van der Waals surface area contributed by atoms with Crippen molar-refractivity contribution in [3.63, 3.8) is 0 Å². The van der Waals surface area contributed by atoms with Crippen LogP contribution in [0.5, 0.6) is 0 Å². The van der Waals surface area contributed by atoms with Crippen LogP contribution in [0.2, 0.25) is 0 Å². The van der Waals surface area contributed by atoms with E-state index in [4.69, 9.17) is 0 Å². The molecule has 0 bridgehead atoms. The summed E-state index contributed by atoms with van der Waals surface area (Å²) in [6.45, 7) is 4.30. The number of carbonyl (C=O) groups is 2. The number of rotatable bonds is 6. The summed E-state index contributed by atoms with van der Waals surface area (Å²) in [7, 11) is -3.79. The van der Waals surface area contributed by atoms with E-state index in [9.17, 15) is 18.0 Å². The van der Waals surface area contributed by atoms with Gasteiger partial charge in [-0.05, 0) is 81.0 Å². The highest BCUT2D eigenvalue weighted by molar-refractivity contribution is 7.92. The van der Waals surface area contributed by atoms with Gasteiger partial charge in [0.2, 0.25) is 5.91 Å². The van der Waals surface area contributed by atoms with E-state index in [1.807, 2.05) is 13.8 Å². The second kappa shape index (κ2) is 9.55. The van der Waals surface area contributed by atoms with Gasteiger partial charge in [0.15, 0.2) is 0 Å². The highest BCUT2D eigenvalue weighted by Crippen LogP contribution is 2.25. The molecule has 33 heavy (non-hydrogen) atoms. The Morgan fingerprint density at radius 1 is 0.939 bits per heavy atom. The van der Waals surface area contributed by atoms with Gasteiger partial charge < -0.3 is 10.2 Å². The number of nitrogens with one attached hydrogen (secondary N) is 2. The molecular weight excluding hydrogens is 438 g/mol. The first-order valence-electron chi connectivity index (χ1n) is 11.6. The predicted molar refractivity (Wildman–Crippen MR) is 128 cm³/mol. The topological polar surface area (TPSA) is 95.6 Å². The molecule has 0 aromatic heterocycles. The third-order valence-corrected chi connectivity index (χ3v) is 8.05. The monoisotopic (exact) mass is 469 g/mol. The number of hydrogen-bond acceptors (Lipinski definition) is 4. The summed E-state index contributed by atoms with van der Waals surface area (Å²) in [5.41, 5.74) is 2.57. The Morgan fingerprint density at radius 2 is 1.70 bits per heavy atom. The van der Waals surface area contributed by atoms with Crippen LogP contribution in [0.1, 0.15) is 60.0 Å². The van der Waals surface area contributed by atoms with Crippen molar-refractivity contribution in [1.82, 2.24) is 10.2 Å². The minimum absolute atomic E-state index is 0.0839. The molecule has 1 heterocycles. The molecule has 1 saturated carbocycles. The van der Waals surface area contributed by atoms with Crippen LogP contribution < -0.4 is 10.0 Å². The van der Waals surface area contributed by atoms with E-state index in [1.54, 1.807) is 41.3 Å². The summed E-state index contributed by atoms with van der Waals surface area (Å²) < 4.78 is 28.3. The lowest BCUT2D eigenvalue weighted by Gasteiger charge is -2.25. The van der Waals surface area contributed by atoms with Gasteiger partial charge in [-0.1, -0.05) is 25.0 Å². The third-order valence-electron chi connectivity index (χ3n) is 6.67. The molecule has 1 aliphatic carbocycles. The van der Waals surface area contributed by atoms with Gasteiger partial charge >= 0.3 is 0 Å². The van der Waals surface area contributed by atoms with Crippen molar-refractivity contribution < 1.29 is 18.0 Å². The Balaban J connectivity index is 1.49. The molecule has 176 valence electrons. The molecule has 0 unspecified atom stereocenters. The maximum Gasteiger partial charge on any atom is 0.261 e. The number of anilines is 1. The van der Waals surface area contributed by atoms with Crippen molar-refractivity contribution in [2.75, 3.05) is 11.3 Å². The second-order valence-corrected chi connectivity index (χ2v) is 10.8. The Hall–Kier alpha value is -2.87. The molecule has 1 aliphatic heterocycles. The van der Waals surface area contributed by atoms with Crippen molar-refractivity contribution in [1.29, 1.82) is 0 Å². The molecule has 2 aromatic rings. The molecule has 0 spiro atoms. The molecule has 1 atom stereocenters.